The highest BCUT2D eigenvalue weighted by atomic mass is 19.1. The molecule has 0 radical (unpaired) electrons. The maximum absolute atomic E-state index is 14.3. The summed E-state index contributed by atoms with van der Waals surface area (Å²) >= 11 is 0. The van der Waals surface area contributed by atoms with Gasteiger partial charge < -0.3 is 10.1 Å². The Morgan fingerprint density at radius 2 is 1.92 bits per heavy atom. The summed E-state index contributed by atoms with van der Waals surface area (Å²) in [5, 5.41) is 13.4. The van der Waals surface area contributed by atoms with E-state index >= 15 is 0 Å². The van der Waals surface area contributed by atoms with Crippen LogP contribution in [0.25, 0.3) is 0 Å². The molecule has 2 rings (SSSR count). The number of nitrogens with one attached hydrogen (secondary N) is 1. The van der Waals surface area contributed by atoms with E-state index in [0.717, 1.165) is 17.7 Å². The number of nitrogens with zero attached hydrogens (tertiary/aromatic N) is 1. The van der Waals surface area contributed by atoms with Crippen molar-refractivity contribution < 1.29 is 18.8 Å². The van der Waals surface area contributed by atoms with Crippen LogP contribution in [0.15, 0.2) is 36.4 Å². The second-order valence-electron chi connectivity index (χ2n) is 5.53. The average Bonchev–Trinajstić information content (AvgIpc) is 2.49. The Morgan fingerprint density at radius 3 is 2.50 bits per heavy atom. The number of para-hydroxylation sites is 1. The average molecular weight is 332 g/mol. The van der Waals surface area contributed by atoms with E-state index in [4.69, 9.17) is 4.74 Å². The predicted molar refractivity (Wildman–Crippen MR) is 88.0 cm³/mol. The van der Waals surface area contributed by atoms with Crippen LogP contribution in [0.4, 0.5) is 15.8 Å². The second kappa shape index (κ2) is 7.08. The summed E-state index contributed by atoms with van der Waals surface area (Å²) < 4.78 is 19.8. The van der Waals surface area contributed by atoms with E-state index in [1.54, 1.807) is 12.1 Å². The monoisotopic (exact) mass is 332 g/mol. The Labute approximate surface area is 138 Å². The Morgan fingerprint density at radius 1 is 1.25 bits per heavy atom. The predicted octanol–water partition coefficient (Wildman–Crippen LogP) is 4.61. The number of nitro benzene ring substituents is 1. The molecule has 1 amide bonds. The van der Waals surface area contributed by atoms with Gasteiger partial charge >= 0.3 is 0 Å². The summed E-state index contributed by atoms with van der Waals surface area (Å²) in [5.41, 5.74) is 0.198. The van der Waals surface area contributed by atoms with E-state index < -0.39 is 22.3 Å². The third kappa shape index (κ3) is 3.87. The van der Waals surface area contributed by atoms with Gasteiger partial charge in [0.05, 0.1) is 11.0 Å². The summed E-state index contributed by atoms with van der Waals surface area (Å²) in [6, 6.07) is 8.94. The number of carbonyl (C=O) groups is 1. The van der Waals surface area contributed by atoms with Crippen LogP contribution in [-0.4, -0.2) is 10.8 Å². The first-order valence-electron chi connectivity index (χ1n) is 7.32. The molecule has 0 bridgehead atoms. The summed E-state index contributed by atoms with van der Waals surface area (Å²) in [5.74, 6) is -1.05. The Bertz CT molecular complexity index is 790. The lowest BCUT2D eigenvalue weighted by atomic mass is 10.0. The van der Waals surface area contributed by atoms with Gasteiger partial charge in [-0.3, -0.25) is 14.9 Å². The lowest BCUT2D eigenvalue weighted by molar-refractivity contribution is -0.384. The van der Waals surface area contributed by atoms with Crippen LogP contribution in [0.3, 0.4) is 0 Å². The number of hydrogen-bond acceptors (Lipinski definition) is 4. The molecule has 24 heavy (non-hydrogen) atoms. The fourth-order valence-corrected chi connectivity index (χ4v) is 2.23. The number of carbonyl (C=O) groups excluding carboxylic acids is 1. The number of rotatable bonds is 5. The minimum Gasteiger partial charge on any atom is -0.454 e. The molecule has 0 aliphatic carbocycles. The van der Waals surface area contributed by atoms with Gasteiger partial charge in [-0.1, -0.05) is 32.0 Å². The van der Waals surface area contributed by atoms with Crippen molar-refractivity contribution in [2.75, 3.05) is 5.32 Å². The van der Waals surface area contributed by atoms with E-state index in [1.807, 2.05) is 26.0 Å². The van der Waals surface area contributed by atoms with E-state index in [1.165, 1.54) is 6.92 Å². The minimum absolute atomic E-state index is 0.137. The van der Waals surface area contributed by atoms with Gasteiger partial charge in [-0.25, -0.2) is 4.39 Å². The highest BCUT2D eigenvalue weighted by molar-refractivity contribution is 5.91. The molecule has 126 valence electrons. The number of anilines is 1. The largest absolute Gasteiger partial charge is 0.454 e. The fourth-order valence-electron chi connectivity index (χ4n) is 2.23. The van der Waals surface area contributed by atoms with Gasteiger partial charge in [-0.05, 0) is 17.5 Å². The van der Waals surface area contributed by atoms with E-state index in [-0.39, 0.29) is 17.4 Å². The van der Waals surface area contributed by atoms with Crippen LogP contribution in [-0.2, 0) is 4.79 Å². The number of hydrogen-bond donors (Lipinski definition) is 1. The first-order chi connectivity index (χ1) is 11.3. The molecule has 7 heteroatoms. The Balaban J connectivity index is 2.47. The molecule has 1 N–H and O–H groups in total. The van der Waals surface area contributed by atoms with Crippen molar-refractivity contribution in [3.8, 4) is 11.5 Å². The summed E-state index contributed by atoms with van der Waals surface area (Å²) in [4.78, 5) is 21.6. The smallest absolute Gasteiger partial charge is 0.296 e. The van der Waals surface area contributed by atoms with Crippen LogP contribution in [0.5, 0.6) is 11.5 Å². The van der Waals surface area contributed by atoms with Crippen LogP contribution in [0.2, 0.25) is 0 Å². The van der Waals surface area contributed by atoms with Crippen molar-refractivity contribution in [3.05, 3.63) is 57.9 Å². The molecule has 0 heterocycles. The van der Waals surface area contributed by atoms with Crippen molar-refractivity contribution in [2.45, 2.75) is 26.7 Å². The lowest BCUT2D eigenvalue weighted by Gasteiger charge is -2.14. The van der Waals surface area contributed by atoms with Gasteiger partial charge in [0.1, 0.15) is 11.4 Å². The molecular weight excluding hydrogens is 315 g/mol. The molecule has 2 aromatic carbocycles. The Kier molecular flexibility index (Phi) is 5.13. The number of amides is 1. The number of benzene rings is 2. The third-order valence-electron chi connectivity index (χ3n) is 3.32. The second-order valence-corrected chi connectivity index (χ2v) is 5.53. The molecule has 2 aromatic rings. The molecule has 0 spiro atoms. The van der Waals surface area contributed by atoms with Crippen molar-refractivity contribution in [1.82, 2.24) is 0 Å². The SMILES string of the molecule is CC(=O)Nc1cc(F)c(Oc2ccccc2C(C)C)cc1[N+](=O)[O-]. The molecule has 0 fully saturated rings. The minimum atomic E-state index is -0.803. The van der Waals surface area contributed by atoms with E-state index in [2.05, 4.69) is 5.32 Å². The molecular formula is C17H17FN2O4. The van der Waals surface area contributed by atoms with Gasteiger partial charge in [0.15, 0.2) is 11.6 Å². The molecule has 0 aliphatic heterocycles. The van der Waals surface area contributed by atoms with Crippen LogP contribution < -0.4 is 10.1 Å². The van der Waals surface area contributed by atoms with Crippen molar-refractivity contribution >= 4 is 17.3 Å². The molecule has 6 nitrogen and oxygen atoms in total. The van der Waals surface area contributed by atoms with Crippen molar-refractivity contribution in [3.63, 3.8) is 0 Å². The fraction of sp³-hybridized carbons (Fsp3) is 0.235. The number of halogens is 1. The molecule has 0 aliphatic rings. The molecule has 0 atom stereocenters. The van der Waals surface area contributed by atoms with Crippen LogP contribution >= 0.6 is 0 Å². The van der Waals surface area contributed by atoms with Gasteiger partial charge in [0.25, 0.3) is 5.69 Å². The zero-order valence-corrected chi connectivity index (χ0v) is 13.5. The maximum atomic E-state index is 14.3. The van der Waals surface area contributed by atoms with Gasteiger partial charge in [0.2, 0.25) is 5.91 Å². The van der Waals surface area contributed by atoms with Gasteiger partial charge in [0, 0.05) is 13.0 Å². The highest BCUT2D eigenvalue weighted by Crippen LogP contribution is 2.36. The molecule has 0 saturated heterocycles. The number of ether oxygens (including phenoxy) is 1. The molecule has 0 saturated carbocycles. The highest BCUT2D eigenvalue weighted by Gasteiger charge is 2.21. The number of nitro groups is 1. The van der Waals surface area contributed by atoms with E-state index in [0.29, 0.717) is 5.75 Å². The third-order valence-corrected chi connectivity index (χ3v) is 3.32. The zero-order valence-electron chi connectivity index (χ0n) is 13.5. The summed E-state index contributed by atoms with van der Waals surface area (Å²) in [6.45, 7) is 5.10. The standard InChI is InChI=1S/C17H17FN2O4/c1-10(2)12-6-4-5-7-16(12)24-17-9-15(20(22)23)14(8-13(17)18)19-11(3)21/h4-10H,1-3H3,(H,19,21). The molecule has 0 unspecified atom stereocenters. The lowest BCUT2D eigenvalue weighted by Crippen LogP contribution is -2.09. The zero-order chi connectivity index (χ0) is 17.9. The van der Waals surface area contributed by atoms with Crippen LogP contribution in [0.1, 0.15) is 32.3 Å². The van der Waals surface area contributed by atoms with Gasteiger partial charge in [-0.15, -0.1) is 0 Å². The van der Waals surface area contributed by atoms with Crippen LogP contribution in [0, 0.1) is 15.9 Å². The summed E-state index contributed by atoms with van der Waals surface area (Å²) in [7, 11) is 0. The quantitative estimate of drug-likeness (QED) is 0.640. The summed E-state index contributed by atoms with van der Waals surface area (Å²) in [6.07, 6.45) is 0. The molecule has 0 aromatic heterocycles. The first kappa shape index (κ1) is 17.4. The maximum Gasteiger partial charge on any atom is 0.296 e. The first-order valence-corrected chi connectivity index (χ1v) is 7.32. The topological polar surface area (TPSA) is 81.5 Å². The Hall–Kier alpha value is -2.96. The van der Waals surface area contributed by atoms with E-state index in [9.17, 15) is 19.3 Å². The van der Waals surface area contributed by atoms with Crippen molar-refractivity contribution in [2.24, 2.45) is 0 Å². The van der Waals surface area contributed by atoms with Crippen molar-refractivity contribution in [1.29, 1.82) is 0 Å². The normalized spacial score (nSPS) is 10.5. The van der Waals surface area contributed by atoms with Gasteiger partial charge in [-0.2, -0.15) is 0 Å².